The van der Waals surface area contributed by atoms with E-state index < -0.39 is 61.4 Å². The van der Waals surface area contributed by atoms with Crippen LogP contribution in [0, 0.1) is 0 Å². The second-order valence-electron chi connectivity index (χ2n) is 5.50. The van der Waals surface area contributed by atoms with E-state index in [9.17, 15) is 30.6 Å². The smallest absolute Gasteiger partial charge is 0.187 e. The number of aliphatic hydroxyl groups is 6. The van der Waals surface area contributed by atoms with Gasteiger partial charge in [-0.2, -0.15) is 0 Å². The third kappa shape index (κ3) is 3.21. The van der Waals surface area contributed by atoms with Crippen molar-refractivity contribution in [1.29, 1.82) is 0 Å². The molecule has 0 aromatic rings. The minimum atomic E-state index is -1.57. The lowest BCUT2D eigenvalue weighted by molar-refractivity contribution is -0.348. The molecule has 0 amide bonds. The van der Waals surface area contributed by atoms with E-state index >= 15 is 0 Å². The maximum absolute atomic E-state index is 9.91. The third-order valence-corrected chi connectivity index (χ3v) is 3.90. The largest absolute Gasteiger partial charge is 0.388 e. The molecule has 0 bridgehead atoms. The van der Waals surface area contributed by atoms with Crippen molar-refractivity contribution in [3.63, 3.8) is 0 Å². The topological polar surface area (TPSA) is 149 Å². The van der Waals surface area contributed by atoms with Crippen LogP contribution in [0.2, 0.25) is 0 Å². The predicted octanol–water partition coefficient (Wildman–Crippen LogP) is -3.34. The number of rotatable bonds is 2. The molecule has 2 aliphatic heterocycles. The molecule has 0 spiro atoms. The Bertz CT molecular complexity index is 354. The summed E-state index contributed by atoms with van der Waals surface area (Å²) >= 11 is 0. The van der Waals surface area contributed by atoms with Gasteiger partial charge in [0.2, 0.25) is 0 Å². The fourth-order valence-electron chi connectivity index (χ4n) is 2.49. The van der Waals surface area contributed by atoms with Crippen molar-refractivity contribution < 1.29 is 44.8 Å². The molecular formula is C12H22O9. The first kappa shape index (κ1) is 17.0. The van der Waals surface area contributed by atoms with Gasteiger partial charge in [0.05, 0.1) is 12.2 Å². The zero-order valence-corrected chi connectivity index (χ0v) is 11.7. The summed E-state index contributed by atoms with van der Waals surface area (Å²) in [6.45, 7) is 3.00. The van der Waals surface area contributed by atoms with E-state index in [0.717, 1.165) is 0 Å². The van der Waals surface area contributed by atoms with Crippen LogP contribution in [0.1, 0.15) is 13.8 Å². The SMILES string of the molecule is C[C@H]1O[C@H](O[C@H]2[C@H](O)[C@@H](O)[C@@H](O)O[C@@H]2C)[C@H](O)[C@@H](O)[C@H]1O. The van der Waals surface area contributed by atoms with Crippen molar-refractivity contribution >= 4 is 0 Å². The minimum absolute atomic E-state index is 0.784. The molecule has 0 radical (unpaired) electrons. The zero-order chi connectivity index (χ0) is 15.9. The fraction of sp³-hybridized carbons (Fsp3) is 1.00. The lowest BCUT2D eigenvalue weighted by atomic mass is 9.98. The summed E-state index contributed by atoms with van der Waals surface area (Å²) in [5.41, 5.74) is 0. The van der Waals surface area contributed by atoms with Crippen LogP contribution in [0.5, 0.6) is 0 Å². The Morgan fingerprint density at radius 1 is 0.667 bits per heavy atom. The van der Waals surface area contributed by atoms with Gasteiger partial charge < -0.3 is 44.8 Å². The van der Waals surface area contributed by atoms with Crippen LogP contribution in [-0.2, 0) is 14.2 Å². The summed E-state index contributed by atoms with van der Waals surface area (Å²) in [7, 11) is 0. The van der Waals surface area contributed by atoms with Crippen LogP contribution >= 0.6 is 0 Å². The van der Waals surface area contributed by atoms with Crippen LogP contribution < -0.4 is 0 Å². The zero-order valence-electron chi connectivity index (χ0n) is 11.7. The number of ether oxygens (including phenoxy) is 3. The summed E-state index contributed by atoms with van der Waals surface area (Å²) in [6.07, 6.45) is -12.8. The van der Waals surface area contributed by atoms with Crippen LogP contribution in [0.25, 0.3) is 0 Å². The van der Waals surface area contributed by atoms with E-state index in [1.807, 2.05) is 0 Å². The maximum Gasteiger partial charge on any atom is 0.187 e. The Morgan fingerprint density at radius 3 is 1.90 bits per heavy atom. The maximum atomic E-state index is 9.91. The Labute approximate surface area is 121 Å². The molecule has 124 valence electrons. The van der Waals surface area contributed by atoms with E-state index in [2.05, 4.69) is 0 Å². The Kier molecular flexibility index (Phi) is 5.19. The molecule has 2 fully saturated rings. The van der Waals surface area contributed by atoms with Crippen LogP contribution in [0.4, 0.5) is 0 Å². The number of aliphatic hydroxyl groups excluding tert-OH is 6. The molecule has 0 unspecified atom stereocenters. The van der Waals surface area contributed by atoms with Crippen LogP contribution in [0.15, 0.2) is 0 Å². The van der Waals surface area contributed by atoms with E-state index in [0.29, 0.717) is 0 Å². The van der Waals surface area contributed by atoms with Crippen LogP contribution in [0.3, 0.4) is 0 Å². The normalized spacial score (nSPS) is 55.4. The molecule has 0 aliphatic carbocycles. The van der Waals surface area contributed by atoms with Crippen molar-refractivity contribution in [3.05, 3.63) is 0 Å². The molecular weight excluding hydrogens is 288 g/mol. The van der Waals surface area contributed by atoms with Crippen molar-refractivity contribution in [1.82, 2.24) is 0 Å². The average Bonchev–Trinajstić information content (AvgIpc) is 2.44. The molecule has 2 saturated heterocycles. The molecule has 6 N–H and O–H groups in total. The van der Waals surface area contributed by atoms with E-state index in [4.69, 9.17) is 14.2 Å². The standard InChI is InChI=1S/C12H22O9/c1-3-5(13)6(14)9(17)12(20-3)21-10-4(2)19-11(18)8(16)7(10)15/h3-18H,1-2H3/t3-,4-,5+,6+,7-,8-,9-,10-,11+,12-/m1/s1. The van der Waals surface area contributed by atoms with E-state index in [1.54, 1.807) is 0 Å². The first-order chi connectivity index (χ1) is 9.73. The minimum Gasteiger partial charge on any atom is -0.388 e. The lowest BCUT2D eigenvalue weighted by Gasteiger charge is -2.44. The summed E-state index contributed by atoms with van der Waals surface area (Å²) in [5.74, 6) is 0. The highest BCUT2D eigenvalue weighted by Crippen LogP contribution is 2.28. The predicted molar refractivity (Wildman–Crippen MR) is 65.8 cm³/mol. The monoisotopic (exact) mass is 310 g/mol. The summed E-state index contributed by atoms with van der Waals surface area (Å²) in [5, 5.41) is 58.0. The Balaban J connectivity index is 2.06. The molecule has 0 aromatic heterocycles. The molecule has 2 heterocycles. The van der Waals surface area contributed by atoms with Gasteiger partial charge in [-0.05, 0) is 13.8 Å². The van der Waals surface area contributed by atoms with Gasteiger partial charge >= 0.3 is 0 Å². The van der Waals surface area contributed by atoms with Gasteiger partial charge in [0.1, 0.15) is 36.6 Å². The first-order valence-corrected chi connectivity index (χ1v) is 6.78. The average molecular weight is 310 g/mol. The summed E-state index contributed by atoms with van der Waals surface area (Å²) in [4.78, 5) is 0. The molecule has 2 rings (SSSR count). The van der Waals surface area contributed by atoms with E-state index in [1.165, 1.54) is 13.8 Å². The van der Waals surface area contributed by atoms with Crippen molar-refractivity contribution in [2.24, 2.45) is 0 Å². The van der Waals surface area contributed by atoms with Crippen molar-refractivity contribution in [3.8, 4) is 0 Å². The molecule has 9 nitrogen and oxygen atoms in total. The highest BCUT2D eigenvalue weighted by atomic mass is 16.7. The molecule has 2 aliphatic rings. The van der Waals surface area contributed by atoms with Gasteiger partial charge in [0, 0.05) is 0 Å². The second-order valence-corrected chi connectivity index (χ2v) is 5.50. The molecule has 9 heteroatoms. The second kappa shape index (κ2) is 6.41. The molecule has 0 saturated carbocycles. The van der Waals surface area contributed by atoms with Crippen molar-refractivity contribution in [2.45, 2.75) is 75.3 Å². The Hall–Kier alpha value is -0.360. The van der Waals surface area contributed by atoms with Crippen molar-refractivity contribution in [2.75, 3.05) is 0 Å². The van der Waals surface area contributed by atoms with Gasteiger partial charge in [-0.15, -0.1) is 0 Å². The highest BCUT2D eigenvalue weighted by molar-refractivity contribution is 4.91. The van der Waals surface area contributed by atoms with E-state index in [-0.39, 0.29) is 0 Å². The molecule has 0 aromatic carbocycles. The molecule has 10 atom stereocenters. The fourth-order valence-corrected chi connectivity index (χ4v) is 2.49. The van der Waals surface area contributed by atoms with Gasteiger partial charge in [-0.3, -0.25) is 0 Å². The number of hydrogen-bond donors (Lipinski definition) is 6. The van der Waals surface area contributed by atoms with Gasteiger partial charge in [-0.1, -0.05) is 0 Å². The highest BCUT2D eigenvalue weighted by Gasteiger charge is 2.48. The van der Waals surface area contributed by atoms with Gasteiger partial charge in [0.15, 0.2) is 12.6 Å². The summed E-state index contributed by atoms with van der Waals surface area (Å²) < 4.78 is 15.6. The lowest BCUT2D eigenvalue weighted by Crippen LogP contribution is -2.62. The van der Waals surface area contributed by atoms with Gasteiger partial charge in [0.25, 0.3) is 0 Å². The molecule has 21 heavy (non-hydrogen) atoms. The first-order valence-electron chi connectivity index (χ1n) is 6.78. The Morgan fingerprint density at radius 2 is 1.29 bits per heavy atom. The van der Waals surface area contributed by atoms with Gasteiger partial charge in [-0.25, -0.2) is 0 Å². The quantitative estimate of drug-likeness (QED) is 0.308. The third-order valence-electron chi connectivity index (χ3n) is 3.90. The summed E-state index contributed by atoms with van der Waals surface area (Å²) in [6, 6.07) is 0. The number of hydrogen-bond acceptors (Lipinski definition) is 9. The van der Waals surface area contributed by atoms with Crippen LogP contribution in [-0.4, -0.2) is 92.1 Å².